The zero-order chi connectivity index (χ0) is 13.9. The zero-order valence-corrected chi connectivity index (χ0v) is 11.6. The van der Waals surface area contributed by atoms with E-state index in [1.807, 2.05) is 6.07 Å². The van der Waals surface area contributed by atoms with Crippen LogP contribution in [-0.2, 0) is 13.1 Å². The number of aromatic nitrogens is 1. The molecule has 0 unspecified atom stereocenters. The first-order chi connectivity index (χ1) is 9.78. The normalized spacial score (nSPS) is 10.9. The van der Waals surface area contributed by atoms with Crippen molar-refractivity contribution >= 4 is 16.6 Å². The molecule has 20 heavy (non-hydrogen) atoms. The van der Waals surface area contributed by atoms with Crippen molar-refractivity contribution in [2.75, 3.05) is 5.32 Å². The van der Waals surface area contributed by atoms with Crippen LogP contribution in [0.5, 0.6) is 0 Å². The molecule has 0 amide bonds. The lowest BCUT2D eigenvalue weighted by atomic mass is 10.1. The lowest BCUT2D eigenvalue weighted by Gasteiger charge is -2.07. The molecule has 3 aromatic rings. The van der Waals surface area contributed by atoms with Crippen LogP contribution in [0.2, 0.25) is 0 Å². The summed E-state index contributed by atoms with van der Waals surface area (Å²) in [6.45, 7) is 3.50. The minimum Gasteiger partial charge on any atom is -0.379 e. The van der Waals surface area contributed by atoms with Crippen molar-refractivity contribution in [3.63, 3.8) is 0 Å². The SMILES string of the molecule is Cc1[nH]c2ccccc2c1NCc1ccc(CN)cc1. The van der Waals surface area contributed by atoms with Crippen molar-refractivity contribution in [3.8, 4) is 0 Å². The third kappa shape index (κ3) is 2.40. The molecule has 0 aliphatic heterocycles. The van der Waals surface area contributed by atoms with E-state index in [-0.39, 0.29) is 0 Å². The summed E-state index contributed by atoms with van der Waals surface area (Å²) in [6, 6.07) is 16.8. The molecule has 0 aliphatic carbocycles. The molecule has 3 nitrogen and oxygen atoms in total. The molecule has 102 valence electrons. The Labute approximate surface area is 118 Å². The van der Waals surface area contributed by atoms with Crippen LogP contribution in [0.4, 0.5) is 5.69 Å². The number of anilines is 1. The number of aromatic amines is 1. The molecule has 0 spiro atoms. The molecule has 3 rings (SSSR count). The van der Waals surface area contributed by atoms with Gasteiger partial charge in [0.15, 0.2) is 0 Å². The van der Waals surface area contributed by atoms with Gasteiger partial charge < -0.3 is 16.0 Å². The summed E-state index contributed by atoms with van der Waals surface area (Å²) < 4.78 is 0. The van der Waals surface area contributed by atoms with Crippen molar-refractivity contribution in [2.24, 2.45) is 5.73 Å². The first-order valence-corrected chi connectivity index (χ1v) is 6.87. The quantitative estimate of drug-likeness (QED) is 0.675. The van der Waals surface area contributed by atoms with E-state index < -0.39 is 0 Å². The average molecular weight is 265 g/mol. The first kappa shape index (κ1) is 12.8. The Morgan fingerprint density at radius 2 is 1.70 bits per heavy atom. The Kier molecular flexibility index (Phi) is 3.44. The highest BCUT2D eigenvalue weighted by atomic mass is 14.9. The van der Waals surface area contributed by atoms with Crippen LogP contribution in [0.15, 0.2) is 48.5 Å². The second kappa shape index (κ2) is 5.39. The number of rotatable bonds is 4. The summed E-state index contributed by atoms with van der Waals surface area (Å²) in [7, 11) is 0. The molecule has 0 atom stereocenters. The maximum absolute atomic E-state index is 5.61. The van der Waals surface area contributed by atoms with E-state index in [0.717, 1.165) is 12.1 Å². The lowest BCUT2D eigenvalue weighted by molar-refractivity contribution is 1.06. The van der Waals surface area contributed by atoms with Crippen molar-refractivity contribution in [1.29, 1.82) is 0 Å². The van der Waals surface area contributed by atoms with Gasteiger partial charge in [0.1, 0.15) is 0 Å². The van der Waals surface area contributed by atoms with Crippen LogP contribution >= 0.6 is 0 Å². The Morgan fingerprint density at radius 1 is 1.00 bits per heavy atom. The Morgan fingerprint density at radius 3 is 2.45 bits per heavy atom. The second-order valence-corrected chi connectivity index (χ2v) is 5.04. The summed E-state index contributed by atoms with van der Waals surface area (Å²) >= 11 is 0. The van der Waals surface area contributed by atoms with Crippen LogP contribution < -0.4 is 11.1 Å². The summed E-state index contributed by atoms with van der Waals surface area (Å²) in [4.78, 5) is 3.40. The van der Waals surface area contributed by atoms with E-state index in [4.69, 9.17) is 5.73 Å². The third-order valence-corrected chi connectivity index (χ3v) is 3.62. The largest absolute Gasteiger partial charge is 0.379 e. The smallest absolute Gasteiger partial charge is 0.0630 e. The average Bonchev–Trinajstić information content (AvgIpc) is 2.81. The summed E-state index contributed by atoms with van der Waals surface area (Å²) in [5.74, 6) is 0. The Bertz CT molecular complexity index is 711. The first-order valence-electron chi connectivity index (χ1n) is 6.87. The van der Waals surface area contributed by atoms with Gasteiger partial charge in [-0.2, -0.15) is 0 Å². The van der Waals surface area contributed by atoms with Crippen molar-refractivity contribution in [1.82, 2.24) is 4.98 Å². The van der Waals surface area contributed by atoms with Gasteiger partial charge >= 0.3 is 0 Å². The molecule has 4 N–H and O–H groups in total. The van der Waals surface area contributed by atoms with Crippen LogP contribution in [-0.4, -0.2) is 4.98 Å². The molecule has 0 aliphatic rings. The molecular formula is C17H19N3. The molecular weight excluding hydrogens is 246 g/mol. The number of aryl methyl sites for hydroxylation is 1. The van der Waals surface area contributed by atoms with Gasteiger partial charge in [0.05, 0.1) is 5.69 Å². The maximum Gasteiger partial charge on any atom is 0.0630 e. The number of nitrogens with two attached hydrogens (primary N) is 1. The maximum atomic E-state index is 5.61. The van der Waals surface area contributed by atoms with Gasteiger partial charge in [-0.25, -0.2) is 0 Å². The molecule has 2 aromatic carbocycles. The zero-order valence-electron chi connectivity index (χ0n) is 11.6. The molecule has 0 radical (unpaired) electrons. The van der Waals surface area contributed by atoms with E-state index in [1.165, 1.54) is 27.8 Å². The molecule has 1 aromatic heterocycles. The van der Waals surface area contributed by atoms with Crippen molar-refractivity contribution in [3.05, 3.63) is 65.4 Å². The summed E-state index contributed by atoms with van der Waals surface area (Å²) in [5, 5.41) is 4.77. The van der Waals surface area contributed by atoms with Crippen LogP contribution in [0.1, 0.15) is 16.8 Å². The predicted molar refractivity (Wildman–Crippen MR) is 84.7 cm³/mol. The number of fused-ring (bicyclic) bond motifs is 1. The minimum absolute atomic E-state index is 0.593. The van der Waals surface area contributed by atoms with E-state index >= 15 is 0 Å². The van der Waals surface area contributed by atoms with Crippen LogP contribution in [0.25, 0.3) is 10.9 Å². The third-order valence-electron chi connectivity index (χ3n) is 3.62. The highest BCUT2D eigenvalue weighted by Gasteiger charge is 2.06. The van der Waals surface area contributed by atoms with Gasteiger partial charge in [0.25, 0.3) is 0 Å². The molecule has 0 bridgehead atoms. The minimum atomic E-state index is 0.593. The molecule has 0 saturated carbocycles. The monoisotopic (exact) mass is 265 g/mol. The van der Waals surface area contributed by atoms with Gasteiger partial charge in [-0.05, 0) is 24.1 Å². The second-order valence-electron chi connectivity index (χ2n) is 5.04. The predicted octanol–water partition coefficient (Wildman–Crippen LogP) is 3.55. The van der Waals surface area contributed by atoms with E-state index in [2.05, 4.69) is 59.7 Å². The molecule has 1 heterocycles. The summed E-state index contributed by atoms with van der Waals surface area (Å²) in [5.41, 5.74) is 11.6. The van der Waals surface area contributed by atoms with Crippen molar-refractivity contribution < 1.29 is 0 Å². The van der Waals surface area contributed by atoms with Crippen molar-refractivity contribution in [2.45, 2.75) is 20.0 Å². The van der Waals surface area contributed by atoms with Gasteiger partial charge in [-0.1, -0.05) is 42.5 Å². The highest BCUT2D eigenvalue weighted by molar-refractivity contribution is 5.94. The number of H-pyrrole nitrogens is 1. The van der Waals surface area contributed by atoms with Gasteiger partial charge in [-0.3, -0.25) is 0 Å². The summed E-state index contributed by atoms with van der Waals surface area (Å²) in [6.07, 6.45) is 0. The molecule has 0 fully saturated rings. The Balaban J connectivity index is 1.80. The van der Waals surface area contributed by atoms with Gasteiger partial charge in [0, 0.05) is 29.7 Å². The number of hydrogen-bond donors (Lipinski definition) is 3. The van der Waals surface area contributed by atoms with E-state index in [1.54, 1.807) is 0 Å². The van der Waals surface area contributed by atoms with Crippen LogP contribution in [0, 0.1) is 6.92 Å². The van der Waals surface area contributed by atoms with Crippen LogP contribution in [0.3, 0.4) is 0 Å². The Hall–Kier alpha value is -2.26. The number of hydrogen-bond acceptors (Lipinski definition) is 2. The van der Waals surface area contributed by atoms with Gasteiger partial charge in [-0.15, -0.1) is 0 Å². The lowest BCUT2D eigenvalue weighted by Crippen LogP contribution is -2.01. The number of benzene rings is 2. The van der Waals surface area contributed by atoms with Gasteiger partial charge in [0.2, 0.25) is 0 Å². The number of para-hydroxylation sites is 1. The highest BCUT2D eigenvalue weighted by Crippen LogP contribution is 2.27. The fraction of sp³-hybridized carbons (Fsp3) is 0.176. The number of nitrogens with one attached hydrogen (secondary N) is 2. The molecule has 3 heteroatoms. The standard InChI is InChI=1S/C17H19N3/c1-12-17(15-4-2-3-5-16(15)20-12)19-11-14-8-6-13(10-18)7-9-14/h2-9,19-20H,10-11,18H2,1H3. The van der Waals surface area contributed by atoms with E-state index in [0.29, 0.717) is 6.54 Å². The topological polar surface area (TPSA) is 53.8 Å². The van der Waals surface area contributed by atoms with E-state index in [9.17, 15) is 0 Å². The fourth-order valence-electron chi connectivity index (χ4n) is 2.49. The fourth-order valence-corrected chi connectivity index (χ4v) is 2.49. The molecule has 0 saturated heterocycles.